The van der Waals surface area contributed by atoms with Gasteiger partial charge in [0.25, 0.3) is 0 Å². The zero-order chi connectivity index (χ0) is 15.5. The molecule has 0 radical (unpaired) electrons. The summed E-state index contributed by atoms with van der Waals surface area (Å²) in [6.07, 6.45) is 8.02. The second-order valence-electron chi connectivity index (χ2n) is 6.98. The molecule has 0 heterocycles. The first-order valence-corrected chi connectivity index (χ1v) is 8.30. The predicted octanol–water partition coefficient (Wildman–Crippen LogP) is 2.72. The molecule has 0 saturated heterocycles. The molecule has 0 bridgehead atoms. The molecule has 5 heteroatoms. The van der Waals surface area contributed by atoms with Crippen molar-refractivity contribution in [2.45, 2.75) is 71.3 Å². The molecule has 3 N–H and O–H groups in total. The highest BCUT2D eigenvalue weighted by molar-refractivity contribution is 6.06. The van der Waals surface area contributed by atoms with Crippen molar-refractivity contribution in [2.24, 2.45) is 22.2 Å². The van der Waals surface area contributed by atoms with E-state index in [1.807, 2.05) is 4.90 Å². The lowest BCUT2D eigenvalue weighted by molar-refractivity contribution is -0.141. The Bertz CT molecular complexity index is 394. The van der Waals surface area contributed by atoms with Gasteiger partial charge in [-0.25, -0.2) is 0 Å². The van der Waals surface area contributed by atoms with E-state index in [2.05, 4.69) is 19.0 Å². The Morgan fingerprint density at radius 2 is 1.86 bits per heavy atom. The Morgan fingerprint density at radius 1 is 1.29 bits per heavy atom. The maximum Gasteiger partial charge on any atom is 0.236 e. The van der Waals surface area contributed by atoms with Gasteiger partial charge in [0.15, 0.2) is 5.84 Å². The highest BCUT2D eigenvalue weighted by Gasteiger charge is 2.46. The van der Waals surface area contributed by atoms with Gasteiger partial charge >= 0.3 is 0 Å². The summed E-state index contributed by atoms with van der Waals surface area (Å²) in [7, 11) is 0. The third kappa shape index (κ3) is 3.50. The summed E-state index contributed by atoms with van der Waals surface area (Å²) >= 11 is 0. The standard InChI is InChI=1S/C16H29N3O2/c1-12(2)19(11-13-7-8-13)15(20)16(14(17)18-21)9-5-3-4-6-10-16/h12-13,21H,3-11H2,1-2H3,(H2,17,18). The van der Waals surface area contributed by atoms with Gasteiger partial charge in [-0.15, -0.1) is 0 Å². The van der Waals surface area contributed by atoms with Gasteiger partial charge in [0.05, 0.1) is 0 Å². The van der Waals surface area contributed by atoms with E-state index in [9.17, 15) is 10.0 Å². The molecule has 5 nitrogen and oxygen atoms in total. The number of rotatable bonds is 5. The van der Waals surface area contributed by atoms with Gasteiger partial charge in [-0.3, -0.25) is 4.79 Å². The van der Waals surface area contributed by atoms with Gasteiger partial charge in [0.2, 0.25) is 5.91 Å². The van der Waals surface area contributed by atoms with Gasteiger partial charge in [0, 0.05) is 12.6 Å². The quantitative estimate of drug-likeness (QED) is 0.269. The van der Waals surface area contributed by atoms with Gasteiger partial charge < -0.3 is 15.8 Å². The Morgan fingerprint density at radius 3 is 2.29 bits per heavy atom. The van der Waals surface area contributed by atoms with Gasteiger partial charge in [-0.1, -0.05) is 30.8 Å². The highest BCUT2D eigenvalue weighted by Crippen LogP contribution is 2.39. The third-order valence-electron chi connectivity index (χ3n) is 5.00. The average molecular weight is 295 g/mol. The van der Waals surface area contributed by atoms with E-state index < -0.39 is 5.41 Å². The molecular weight excluding hydrogens is 266 g/mol. The SMILES string of the molecule is CC(C)N(CC1CC1)C(=O)C1(C(N)=NO)CCCCCC1. The van der Waals surface area contributed by atoms with Crippen LogP contribution >= 0.6 is 0 Å². The zero-order valence-corrected chi connectivity index (χ0v) is 13.3. The zero-order valence-electron chi connectivity index (χ0n) is 13.3. The molecule has 2 aliphatic rings. The third-order valence-corrected chi connectivity index (χ3v) is 5.00. The summed E-state index contributed by atoms with van der Waals surface area (Å²) in [5, 5.41) is 12.4. The molecule has 0 aliphatic heterocycles. The fourth-order valence-corrected chi connectivity index (χ4v) is 3.39. The van der Waals surface area contributed by atoms with Crippen molar-refractivity contribution in [2.75, 3.05) is 6.54 Å². The molecule has 2 fully saturated rings. The minimum Gasteiger partial charge on any atom is -0.409 e. The first-order valence-electron chi connectivity index (χ1n) is 8.30. The fourth-order valence-electron chi connectivity index (χ4n) is 3.39. The molecule has 2 aliphatic carbocycles. The van der Waals surface area contributed by atoms with Crippen molar-refractivity contribution in [3.63, 3.8) is 0 Å². The lowest BCUT2D eigenvalue weighted by Crippen LogP contribution is -2.53. The first kappa shape index (κ1) is 16.1. The number of carbonyl (C=O) groups excluding carboxylic acids is 1. The maximum absolute atomic E-state index is 13.2. The van der Waals surface area contributed by atoms with E-state index in [4.69, 9.17) is 5.73 Å². The van der Waals surface area contributed by atoms with Gasteiger partial charge in [-0.2, -0.15) is 0 Å². The summed E-state index contributed by atoms with van der Waals surface area (Å²) in [5.74, 6) is 0.823. The minimum atomic E-state index is -0.787. The normalized spacial score (nSPS) is 22.9. The number of nitrogens with zero attached hydrogens (tertiary/aromatic N) is 2. The van der Waals surface area contributed by atoms with Crippen molar-refractivity contribution < 1.29 is 10.0 Å². The largest absolute Gasteiger partial charge is 0.409 e. The number of hydrogen-bond donors (Lipinski definition) is 2. The van der Waals surface area contributed by atoms with Crippen LogP contribution in [0.1, 0.15) is 65.2 Å². The maximum atomic E-state index is 13.2. The number of nitrogens with two attached hydrogens (primary N) is 1. The van der Waals surface area contributed by atoms with Crippen LogP contribution in [0.15, 0.2) is 5.16 Å². The number of carbonyl (C=O) groups is 1. The van der Waals surface area contributed by atoms with E-state index in [0.29, 0.717) is 18.8 Å². The van der Waals surface area contributed by atoms with E-state index in [1.54, 1.807) is 0 Å². The molecular formula is C16H29N3O2. The monoisotopic (exact) mass is 295 g/mol. The van der Waals surface area contributed by atoms with E-state index in [0.717, 1.165) is 32.2 Å². The molecule has 0 unspecified atom stereocenters. The van der Waals surface area contributed by atoms with Crippen LogP contribution < -0.4 is 5.73 Å². The van der Waals surface area contributed by atoms with Crippen molar-refractivity contribution >= 4 is 11.7 Å². The van der Waals surface area contributed by atoms with E-state index in [1.165, 1.54) is 12.8 Å². The minimum absolute atomic E-state index is 0.0709. The van der Waals surface area contributed by atoms with Crippen LogP contribution in [0.3, 0.4) is 0 Å². The summed E-state index contributed by atoms with van der Waals surface area (Å²) in [6, 6.07) is 0.157. The molecule has 2 saturated carbocycles. The van der Waals surface area contributed by atoms with Crippen LogP contribution in [0.2, 0.25) is 0 Å². The molecule has 0 aromatic rings. The number of hydrogen-bond acceptors (Lipinski definition) is 3. The molecule has 0 aromatic heterocycles. The smallest absolute Gasteiger partial charge is 0.236 e. The molecule has 21 heavy (non-hydrogen) atoms. The van der Waals surface area contributed by atoms with Crippen molar-refractivity contribution in [1.82, 2.24) is 4.90 Å². The van der Waals surface area contributed by atoms with Gasteiger partial charge in [-0.05, 0) is 45.4 Å². The lowest BCUT2D eigenvalue weighted by Gasteiger charge is -2.38. The Kier molecular flexibility index (Phi) is 5.12. The molecule has 0 spiro atoms. The number of amidine groups is 1. The van der Waals surface area contributed by atoms with E-state index in [-0.39, 0.29) is 17.8 Å². The average Bonchev–Trinajstić information content (AvgIpc) is 3.29. The van der Waals surface area contributed by atoms with Crippen LogP contribution in [0.5, 0.6) is 0 Å². The second-order valence-corrected chi connectivity index (χ2v) is 6.98. The second kappa shape index (κ2) is 6.67. The van der Waals surface area contributed by atoms with Crippen LogP contribution in [0.25, 0.3) is 0 Å². The molecule has 2 rings (SSSR count). The van der Waals surface area contributed by atoms with Crippen LogP contribution in [-0.2, 0) is 4.79 Å². The Labute approximate surface area is 127 Å². The van der Waals surface area contributed by atoms with Gasteiger partial charge in [0.1, 0.15) is 5.41 Å². The van der Waals surface area contributed by atoms with Crippen molar-refractivity contribution in [1.29, 1.82) is 0 Å². The summed E-state index contributed by atoms with van der Waals surface area (Å²) in [5.41, 5.74) is 5.20. The lowest BCUT2D eigenvalue weighted by atomic mass is 9.77. The van der Waals surface area contributed by atoms with Crippen LogP contribution in [0.4, 0.5) is 0 Å². The molecule has 0 atom stereocenters. The summed E-state index contributed by atoms with van der Waals surface area (Å²) in [6.45, 7) is 4.92. The van der Waals surface area contributed by atoms with Crippen molar-refractivity contribution in [3.05, 3.63) is 0 Å². The predicted molar refractivity (Wildman–Crippen MR) is 83.1 cm³/mol. The van der Waals surface area contributed by atoms with Crippen LogP contribution in [0, 0.1) is 11.3 Å². The summed E-state index contributed by atoms with van der Waals surface area (Å²) in [4.78, 5) is 15.2. The Balaban J connectivity index is 2.26. The van der Waals surface area contributed by atoms with Crippen molar-refractivity contribution in [3.8, 4) is 0 Å². The topological polar surface area (TPSA) is 78.9 Å². The fraction of sp³-hybridized carbons (Fsp3) is 0.875. The summed E-state index contributed by atoms with van der Waals surface area (Å²) < 4.78 is 0. The molecule has 1 amide bonds. The number of oxime groups is 1. The number of amides is 1. The highest BCUT2D eigenvalue weighted by atomic mass is 16.4. The first-order chi connectivity index (χ1) is 10.0. The Hall–Kier alpha value is -1.26. The van der Waals surface area contributed by atoms with E-state index >= 15 is 0 Å². The van der Waals surface area contributed by atoms with Crippen LogP contribution in [-0.4, -0.2) is 34.4 Å². The molecule has 120 valence electrons. The molecule has 0 aromatic carbocycles.